The zero-order valence-corrected chi connectivity index (χ0v) is 10.7. The fourth-order valence-corrected chi connectivity index (χ4v) is 1.63. The first-order chi connectivity index (χ1) is 9.13. The van der Waals surface area contributed by atoms with Crippen LogP contribution in [0, 0.1) is 0 Å². The van der Waals surface area contributed by atoms with Crippen molar-refractivity contribution in [3.05, 3.63) is 42.5 Å². The molecule has 1 aromatic carbocycles. The van der Waals surface area contributed by atoms with Gasteiger partial charge in [0.25, 0.3) is 0 Å². The summed E-state index contributed by atoms with van der Waals surface area (Å²) in [7, 11) is 0. The van der Waals surface area contributed by atoms with Gasteiger partial charge >= 0.3 is 6.09 Å². The largest absolute Gasteiger partial charge is 0.450 e. The Hall–Kier alpha value is -2.30. The van der Waals surface area contributed by atoms with Gasteiger partial charge in [-0.2, -0.15) is 0 Å². The van der Waals surface area contributed by atoms with Crippen molar-refractivity contribution >= 4 is 17.7 Å². The van der Waals surface area contributed by atoms with Crippen LogP contribution in [0.5, 0.6) is 0 Å². The van der Waals surface area contributed by atoms with E-state index >= 15 is 0 Å². The molecule has 0 aliphatic heterocycles. The lowest BCUT2D eigenvalue weighted by atomic mass is 10.1. The maximum Gasteiger partial charge on any atom is 0.404 e. The van der Waals surface area contributed by atoms with Gasteiger partial charge in [0, 0.05) is 5.69 Å². The van der Waals surface area contributed by atoms with Crippen molar-refractivity contribution in [2.24, 2.45) is 5.73 Å². The molecule has 102 valence electrons. The first-order valence-corrected chi connectivity index (χ1v) is 6.07. The van der Waals surface area contributed by atoms with Gasteiger partial charge in [0.2, 0.25) is 5.91 Å². The minimum Gasteiger partial charge on any atom is -0.450 e. The molecule has 0 bridgehead atoms. The standard InChI is InChI=1S/C14H18N2O3/c1-2-13(17)16-12-9-4-3-7-11(12)8-5-6-10-19-14(15)18/h2-4,7,9H,1,5-6,8,10H2,(H2,15,18)(H,16,17). The van der Waals surface area contributed by atoms with E-state index in [0.29, 0.717) is 6.61 Å². The molecule has 0 radical (unpaired) electrons. The number of benzene rings is 1. The van der Waals surface area contributed by atoms with E-state index in [1.807, 2.05) is 24.3 Å². The Kier molecular flexibility index (Phi) is 6.15. The summed E-state index contributed by atoms with van der Waals surface area (Å²) in [4.78, 5) is 21.7. The lowest BCUT2D eigenvalue weighted by Gasteiger charge is -2.09. The number of primary amides is 1. The number of rotatable bonds is 7. The molecular formula is C14H18N2O3. The number of carbonyl (C=O) groups is 2. The molecule has 1 rings (SSSR count). The van der Waals surface area contributed by atoms with Gasteiger partial charge < -0.3 is 15.8 Å². The number of aryl methyl sites for hydroxylation is 1. The number of amides is 2. The molecule has 0 saturated heterocycles. The van der Waals surface area contributed by atoms with Crippen molar-refractivity contribution < 1.29 is 14.3 Å². The molecule has 0 aliphatic rings. The number of para-hydroxylation sites is 1. The number of nitrogens with one attached hydrogen (secondary N) is 1. The summed E-state index contributed by atoms with van der Waals surface area (Å²) in [6.07, 6.45) is 2.84. The lowest BCUT2D eigenvalue weighted by molar-refractivity contribution is -0.111. The van der Waals surface area contributed by atoms with Gasteiger partial charge in [0.05, 0.1) is 6.61 Å². The Morgan fingerprint density at radius 1 is 1.32 bits per heavy atom. The second-order valence-electron chi connectivity index (χ2n) is 3.98. The van der Waals surface area contributed by atoms with Gasteiger partial charge in [-0.05, 0) is 37.0 Å². The Balaban J connectivity index is 2.46. The average Bonchev–Trinajstić information content (AvgIpc) is 2.39. The first-order valence-electron chi connectivity index (χ1n) is 6.07. The highest BCUT2D eigenvalue weighted by molar-refractivity contribution is 5.99. The van der Waals surface area contributed by atoms with Gasteiger partial charge in [-0.25, -0.2) is 4.79 Å². The third-order valence-electron chi connectivity index (χ3n) is 2.55. The van der Waals surface area contributed by atoms with E-state index in [4.69, 9.17) is 5.73 Å². The molecule has 0 aromatic heterocycles. The first kappa shape index (κ1) is 14.8. The van der Waals surface area contributed by atoms with Crippen LogP contribution in [0.3, 0.4) is 0 Å². The summed E-state index contributed by atoms with van der Waals surface area (Å²) in [6, 6.07) is 7.57. The zero-order chi connectivity index (χ0) is 14.1. The number of hydrogen-bond donors (Lipinski definition) is 2. The molecule has 2 amide bonds. The van der Waals surface area contributed by atoms with E-state index in [1.54, 1.807) is 0 Å². The molecule has 3 N–H and O–H groups in total. The number of ether oxygens (including phenoxy) is 1. The van der Waals surface area contributed by atoms with Gasteiger partial charge in [0.1, 0.15) is 0 Å². The number of carbonyl (C=O) groups excluding carboxylic acids is 2. The fraction of sp³-hybridized carbons (Fsp3) is 0.286. The van der Waals surface area contributed by atoms with Gasteiger partial charge in [0.15, 0.2) is 0 Å². The van der Waals surface area contributed by atoms with Crippen molar-refractivity contribution in [1.29, 1.82) is 0 Å². The van der Waals surface area contributed by atoms with E-state index in [0.717, 1.165) is 30.5 Å². The van der Waals surface area contributed by atoms with Crippen LogP contribution in [0.25, 0.3) is 0 Å². The molecule has 5 nitrogen and oxygen atoms in total. The molecule has 0 fully saturated rings. The molecule has 0 spiro atoms. The zero-order valence-electron chi connectivity index (χ0n) is 10.7. The van der Waals surface area contributed by atoms with Crippen LogP contribution < -0.4 is 11.1 Å². The Labute approximate surface area is 112 Å². The van der Waals surface area contributed by atoms with Crippen LogP contribution in [0.2, 0.25) is 0 Å². The monoisotopic (exact) mass is 262 g/mol. The van der Waals surface area contributed by atoms with Crippen molar-refractivity contribution in [3.63, 3.8) is 0 Å². The van der Waals surface area contributed by atoms with E-state index < -0.39 is 6.09 Å². The maximum atomic E-state index is 11.3. The number of nitrogens with two attached hydrogens (primary N) is 1. The molecule has 5 heteroatoms. The summed E-state index contributed by atoms with van der Waals surface area (Å²) < 4.78 is 4.65. The highest BCUT2D eigenvalue weighted by Gasteiger charge is 2.04. The summed E-state index contributed by atoms with van der Waals surface area (Å²) >= 11 is 0. The van der Waals surface area contributed by atoms with Crippen molar-refractivity contribution in [1.82, 2.24) is 0 Å². The normalized spacial score (nSPS) is 9.68. The third-order valence-corrected chi connectivity index (χ3v) is 2.55. The summed E-state index contributed by atoms with van der Waals surface area (Å²) in [5.74, 6) is -0.232. The van der Waals surface area contributed by atoms with Crippen LogP contribution in [-0.4, -0.2) is 18.6 Å². The second-order valence-corrected chi connectivity index (χ2v) is 3.98. The van der Waals surface area contributed by atoms with Gasteiger partial charge in [-0.15, -0.1) is 0 Å². The van der Waals surface area contributed by atoms with Crippen molar-refractivity contribution in [2.45, 2.75) is 19.3 Å². The van der Waals surface area contributed by atoms with E-state index in [9.17, 15) is 9.59 Å². The molecule has 0 aliphatic carbocycles. The lowest BCUT2D eigenvalue weighted by Crippen LogP contribution is -2.13. The van der Waals surface area contributed by atoms with E-state index in [-0.39, 0.29) is 5.91 Å². The van der Waals surface area contributed by atoms with E-state index in [1.165, 1.54) is 6.08 Å². The van der Waals surface area contributed by atoms with Crippen LogP contribution >= 0.6 is 0 Å². The van der Waals surface area contributed by atoms with Crippen LogP contribution in [0.1, 0.15) is 18.4 Å². The molecule has 1 aromatic rings. The summed E-state index contributed by atoms with van der Waals surface area (Å²) in [5, 5.41) is 2.76. The SMILES string of the molecule is C=CC(=O)Nc1ccccc1CCCCOC(N)=O. The third kappa shape index (κ3) is 5.72. The summed E-state index contributed by atoms with van der Waals surface area (Å²) in [6.45, 7) is 3.73. The second kappa shape index (κ2) is 7.92. The molecule has 0 atom stereocenters. The minimum absolute atomic E-state index is 0.232. The topological polar surface area (TPSA) is 81.4 Å². The number of unbranched alkanes of at least 4 members (excludes halogenated alkanes) is 1. The highest BCUT2D eigenvalue weighted by atomic mass is 16.5. The fourth-order valence-electron chi connectivity index (χ4n) is 1.63. The smallest absolute Gasteiger partial charge is 0.404 e. The molecule has 0 saturated carbocycles. The summed E-state index contributed by atoms with van der Waals surface area (Å²) in [5.41, 5.74) is 6.68. The quantitative estimate of drug-likeness (QED) is 0.584. The highest BCUT2D eigenvalue weighted by Crippen LogP contribution is 2.17. The van der Waals surface area contributed by atoms with E-state index in [2.05, 4.69) is 16.6 Å². The number of hydrogen-bond acceptors (Lipinski definition) is 3. The average molecular weight is 262 g/mol. The van der Waals surface area contributed by atoms with Gasteiger partial charge in [-0.3, -0.25) is 4.79 Å². The maximum absolute atomic E-state index is 11.3. The molecule has 0 unspecified atom stereocenters. The Morgan fingerprint density at radius 2 is 2.05 bits per heavy atom. The molecule has 19 heavy (non-hydrogen) atoms. The van der Waals surface area contributed by atoms with Crippen LogP contribution in [0.4, 0.5) is 10.5 Å². The predicted molar refractivity (Wildman–Crippen MR) is 73.7 cm³/mol. The predicted octanol–water partition coefficient (Wildman–Crippen LogP) is 2.23. The van der Waals surface area contributed by atoms with Gasteiger partial charge in [-0.1, -0.05) is 24.8 Å². The minimum atomic E-state index is -0.751. The Bertz CT molecular complexity index is 458. The molecule has 0 heterocycles. The molecular weight excluding hydrogens is 244 g/mol. The van der Waals surface area contributed by atoms with Crippen molar-refractivity contribution in [2.75, 3.05) is 11.9 Å². The van der Waals surface area contributed by atoms with Crippen molar-refractivity contribution in [3.8, 4) is 0 Å². The van der Waals surface area contributed by atoms with Crippen LogP contribution in [-0.2, 0) is 16.0 Å². The Morgan fingerprint density at radius 3 is 2.74 bits per heavy atom. The number of anilines is 1. The van der Waals surface area contributed by atoms with Crippen LogP contribution in [0.15, 0.2) is 36.9 Å².